The van der Waals surface area contributed by atoms with Crippen molar-refractivity contribution in [3.8, 4) is 0 Å². The molecule has 1 heterocycles. The van der Waals surface area contributed by atoms with Gasteiger partial charge in [0.25, 0.3) is 0 Å². The summed E-state index contributed by atoms with van der Waals surface area (Å²) < 4.78 is 0. The molecule has 1 saturated heterocycles. The third-order valence-corrected chi connectivity index (χ3v) is 4.40. The molecule has 0 spiro atoms. The molecule has 2 unspecified atom stereocenters. The quantitative estimate of drug-likeness (QED) is 0.852. The average Bonchev–Trinajstić information content (AvgIpc) is 2.81. The lowest BCUT2D eigenvalue weighted by molar-refractivity contribution is -0.124. The lowest BCUT2D eigenvalue weighted by atomic mass is 10.0. The molecule has 1 aromatic carbocycles. The Balaban J connectivity index is 1.89. The van der Waals surface area contributed by atoms with Crippen molar-refractivity contribution in [3.05, 3.63) is 34.3 Å². The molecule has 1 amide bonds. The summed E-state index contributed by atoms with van der Waals surface area (Å²) in [4.78, 5) is 13.9. The molecular weight excluding hydrogens is 262 g/mol. The van der Waals surface area contributed by atoms with Gasteiger partial charge in [-0.1, -0.05) is 17.7 Å². The number of nitrogens with zero attached hydrogens (tertiary/aromatic N) is 1. The van der Waals surface area contributed by atoms with Crippen LogP contribution in [0.4, 0.5) is 0 Å². The van der Waals surface area contributed by atoms with Crippen LogP contribution in [-0.4, -0.2) is 36.5 Å². The van der Waals surface area contributed by atoms with Crippen molar-refractivity contribution >= 4 is 17.5 Å². The van der Waals surface area contributed by atoms with Gasteiger partial charge in [-0.3, -0.25) is 9.69 Å². The van der Waals surface area contributed by atoms with Crippen LogP contribution in [0.3, 0.4) is 0 Å². The highest BCUT2D eigenvalue weighted by atomic mass is 35.5. The van der Waals surface area contributed by atoms with E-state index in [0.717, 1.165) is 31.0 Å². The minimum atomic E-state index is -0.241. The minimum Gasteiger partial charge on any atom is -0.368 e. The molecule has 1 fully saturated rings. The Kier molecular flexibility index (Phi) is 3.48. The lowest BCUT2D eigenvalue weighted by Gasteiger charge is -2.38. The molecule has 4 nitrogen and oxygen atoms in total. The molecule has 0 bridgehead atoms. The van der Waals surface area contributed by atoms with Crippen molar-refractivity contribution in [2.45, 2.75) is 24.9 Å². The van der Waals surface area contributed by atoms with E-state index in [4.69, 9.17) is 17.3 Å². The molecule has 2 aliphatic rings. The molecular formula is C14H18ClN3O. The number of halogens is 1. The van der Waals surface area contributed by atoms with E-state index in [-0.39, 0.29) is 11.9 Å². The molecule has 3 rings (SSSR count). The Hall–Kier alpha value is -1.10. The maximum absolute atomic E-state index is 11.6. The Morgan fingerprint density at radius 2 is 2.32 bits per heavy atom. The first-order valence-corrected chi connectivity index (χ1v) is 7.08. The fourth-order valence-electron chi connectivity index (χ4n) is 3.27. The van der Waals surface area contributed by atoms with Gasteiger partial charge in [0.05, 0.1) is 0 Å². The summed E-state index contributed by atoms with van der Waals surface area (Å²) in [6, 6.07) is 6.15. The summed E-state index contributed by atoms with van der Waals surface area (Å²) in [6.45, 7) is 2.41. The number of carbonyl (C=O) groups is 1. The summed E-state index contributed by atoms with van der Waals surface area (Å²) >= 11 is 6.04. The van der Waals surface area contributed by atoms with E-state index in [0.29, 0.717) is 12.6 Å². The smallest absolute Gasteiger partial charge is 0.236 e. The van der Waals surface area contributed by atoms with E-state index >= 15 is 0 Å². The molecule has 1 aliphatic carbocycles. The predicted molar refractivity (Wildman–Crippen MR) is 75.1 cm³/mol. The third kappa shape index (κ3) is 2.36. The molecule has 1 aliphatic heterocycles. The molecule has 0 aromatic heterocycles. The van der Waals surface area contributed by atoms with Gasteiger partial charge in [-0.05, 0) is 36.1 Å². The summed E-state index contributed by atoms with van der Waals surface area (Å²) in [5.41, 5.74) is 8.14. The van der Waals surface area contributed by atoms with Gasteiger partial charge in [0, 0.05) is 30.7 Å². The number of nitrogens with two attached hydrogens (primary N) is 1. The average molecular weight is 280 g/mol. The number of rotatable bonds is 2. The molecule has 0 saturated carbocycles. The van der Waals surface area contributed by atoms with Crippen LogP contribution in [0, 0.1) is 0 Å². The molecule has 5 heteroatoms. The van der Waals surface area contributed by atoms with Crippen molar-refractivity contribution in [1.29, 1.82) is 0 Å². The number of amides is 1. The standard InChI is InChI=1S/C14H18ClN3O/c15-10-2-3-11-9(7-10)1-4-12(11)18-6-5-17-8-13(18)14(16)19/h2-3,7,12-13,17H,1,4-6,8H2,(H2,16,19). The zero-order valence-electron chi connectivity index (χ0n) is 10.7. The second kappa shape index (κ2) is 5.12. The minimum absolute atomic E-state index is 0.208. The van der Waals surface area contributed by atoms with Gasteiger partial charge in [-0.15, -0.1) is 0 Å². The second-order valence-electron chi connectivity index (χ2n) is 5.26. The van der Waals surface area contributed by atoms with Crippen LogP contribution >= 0.6 is 11.6 Å². The number of piperazine rings is 1. The Bertz CT molecular complexity index is 505. The predicted octanol–water partition coefficient (Wildman–Crippen LogP) is 1.09. The van der Waals surface area contributed by atoms with Crippen molar-refractivity contribution in [1.82, 2.24) is 10.2 Å². The van der Waals surface area contributed by atoms with Crippen molar-refractivity contribution in [2.24, 2.45) is 5.73 Å². The van der Waals surface area contributed by atoms with E-state index in [9.17, 15) is 4.79 Å². The van der Waals surface area contributed by atoms with Crippen LogP contribution in [0.2, 0.25) is 5.02 Å². The molecule has 19 heavy (non-hydrogen) atoms. The van der Waals surface area contributed by atoms with E-state index < -0.39 is 0 Å². The van der Waals surface area contributed by atoms with E-state index in [2.05, 4.69) is 16.3 Å². The van der Waals surface area contributed by atoms with E-state index in [1.807, 2.05) is 12.1 Å². The summed E-state index contributed by atoms with van der Waals surface area (Å²) in [5.74, 6) is -0.241. The highest BCUT2D eigenvalue weighted by molar-refractivity contribution is 6.30. The fraction of sp³-hybridized carbons (Fsp3) is 0.500. The number of nitrogens with one attached hydrogen (secondary N) is 1. The number of fused-ring (bicyclic) bond motifs is 1. The normalized spacial score (nSPS) is 27.2. The molecule has 2 atom stereocenters. The van der Waals surface area contributed by atoms with Crippen molar-refractivity contribution in [2.75, 3.05) is 19.6 Å². The number of carbonyl (C=O) groups excluding carboxylic acids is 1. The molecule has 102 valence electrons. The van der Waals surface area contributed by atoms with Crippen LogP contribution in [-0.2, 0) is 11.2 Å². The summed E-state index contributed by atoms with van der Waals surface area (Å²) in [7, 11) is 0. The first-order valence-electron chi connectivity index (χ1n) is 6.71. The summed E-state index contributed by atoms with van der Waals surface area (Å²) in [5, 5.41) is 4.02. The van der Waals surface area contributed by atoms with E-state index in [1.165, 1.54) is 11.1 Å². The monoisotopic (exact) mass is 279 g/mol. The molecule has 3 N–H and O–H groups in total. The zero-order chi connectivity index (χ0) is 13.4. The van der Waals surface area contributed by atoms with Gasteiger partial charge in [0.1, 0.15) is 6.04 Å². The lowest BCUT2D eigenvalue weighted by Crippen LogP contribution is -2.57. The van der Waals surface area contributed by atoms with E-state index in [1.54, 1.807) is 0 Å². The third-order valence-electron chi connectivity index (χ3n) is 4.16. The van der Waals surface area contributed by atoms with Crippen LogP contribution in [0.15, 0.2) is 18.2 Å². The van der Waals surface area contributed by atoms with Crippen LogP contribution < -0.4 is 11.1 Å². The first-order chi connectivity index (χ1) is 9.16. The van der Waals surface area contributed by atoms with Gasteiger partial charge in [0.15, 0.2) is 0 Å². The largest absolute Gasteiger partial charge is 0.368 e. The Labute approximate surface area is 117 Å². The SMILES string of the molecule is NC(=O)C1CNCCN1C1CCc2cc(Cl)ccc21. The number of hydrogen-bond acceptors (Lipinski definition) is 3. The first kappa shape index (κ1) is 12.9. The highest BCUT2D eigenvalue weighted by Crippen LogP contribution is 2.38. The molecule has 1 aromatic rings. The maximum atomic E-state index is 11.6. The Morgan fingerprint density at radius 1 is 1.47 bits per heavy atom. The number of primary amides is 1. The van der Waals surface area contributed by atoms with Crippen molar-refractivity contribution in [3.63, 3.8) is 0 Å². The van der Waals surface area contributed by atoms with Crippen molar-refractivity contribution < 1.29 is 4.79 Å². The van der Waals surface area contributed by atoms with Gasteiger partial charge < -0.3 is 11.1 Å². The number of benzene rings is 1. The Morgan fingerprint density at radius 3 is 3.11 bits per heavy atom. The fourth-order valence-corrected chi connectivity index (χ4v) is 3.46. The number of hydrogen-bond donors (Lipinski definition) is 2. The zero-order valence-corrected chi connectivity index (χ0v) is 11.5. The second-order valence-corrected chi connectivity index (χ2v) is 5.69. The topological polar surface area (TPSA) is 58.4 Å². The van der Waals surface area contributed by atoms with Gasteiger partial charge in [-0.25, -0.2) is 0 Å². The highest BCUT2D eigenvalue weighted by Gasteiger charge is 2.36. The van der Waals surface area contributed by atoms with Gasteiger partial charge in [0.2, 0.25) is 5.91 Å². The van der Waals surface area contributed by atoms with Gasteiger partial charge in [-0.2, -0.15) is 0 Å². The number of aryl methyl sites for hydroxylation is 1. The van der Waals surface area contributed by atoms with Crippen LogP contribution in [0.25, 0.3) is 0 Å². The van der Waals surface area contributed by atoms with Crippen LogP contribution in [0.5, 0.6) is 0 Å². The van der Waals surface area contributed by atoms with Crippen LogP contribution in [0.1, 0.15) is 23.6 Å². The summed E-state index contributed by atoms with van der Waals surface area (Å²) in [6.07, 6.45) is 2.06. The molecule has 0 radical (unpaired) electrons. The maximum Gasteiger partial charge on any atom is 0.236 e. The van der Waals surface area contributed by atoms with Gasteiger partial charge >= 0.3 is 0 Å².